The van der Waals surface area contributed by atoms with Crippen LogP contribution >= 0.6 is 0 Å². The number of hydrogen-bond acceptors (Lipinski definition) is 7. The van der Waals surface area contributed by atoms with Crippen molar-refractivity contribution in [3.05, 3.63) is 0 Å². The van der Waals surface area contributed by atoms with Crippen LogP contribution in [0.25, 0.3) is 0 Å². The Balaban J connectivity index is 5.57. The molecule has 0 heterocycles. The number of nitrogens with two attached hydrogens (primary N) is 5. The highest BCUT2D eigenvalue weighted by Gasteiger charge is 2.30. The van der Waals surface area contributed by atoms with Gasteiger partial charge in [-0.25, -0.2) is 4.79 Å². The van der Waals surface area contributed by atoms with Gasteiger partial charge in [0.25, 0.3) is 0 Å². The summed E-state index contributed by atoms with van der Waals surface area (Å²) >= 11 is 0. The molecule has 3 amide bonds. The van der Waals surface area contributed by atoms with E-state index in [0.717, 1.165) is 0 Å². The summed E-state index contributed by atoms with van der Waals surface area (Å²) in [4.78, 5) is 58.4. The predicted molar refractivity (Wildman–Crippen MR) is 150 cm³/mol. The number of nitrogens with one attached hydrogen (secondary N) is 3. The van der Waals surface area contributed by atoms with Crippen LogP contribution in [0.5, 0.6) is 0 Å². The number of carboxylic acids is 1. The van der Waals surface area contributed by atoms with Gasteiger partial charge in [0.1, 0.15) is 18.1 Å². The van der Waals surface area contributed by atoms with E-state index in [-0.39, 0.29) is 49.6 Å². The topological polar surface area (TPSA) is 279 Å². The Morgan fingerprint density at radius 2 is 1.08 bits per heavy atom. The lowest BCUT2D eigenvalue weighted by Crippen LogP contribution is -2.57. The summed E-state index contributed by atoms with van der Waals surface area (Å²) in [6, 6.07) is -4.08. The van der Waals surface area contributed by atoms with E-state index >= 15 is 0 Å². The van der Waals surface area contributed by atoms with Crippen LogP contribution in [0, 0.1) is 11.8 Å². The predicted octanol–water partition coefficient (Wildman–Crippen LogP) is -1.95. The molecule has 0 saturated heterocycles. The van der Waals surface area contributed by atoms with Crippen LogP contribution in [-0.2, 0) is 19.2 Å². The molecule has 0 radical (unpaired) electrons. The second-order valence-electron chi connectivity index (χ2n) is 10.3. The van der Waals surface area contributed by atoms with Gasteiger partial charge in [0.2, 0.25) is 17.7 Å². The molecule has 15 heteroatoms. The molecule has 0 aromatic heterocycles. The number of nitrogens with zero attached hydrogens (tertiary/aromatic N) is 2. The van der Waals surface area contributed by atoms with E-state index < -0.39 is 47.9 Å². The summed E-state index contributed by atoms with van der Waals surface area (Å²) in [6.45, 7) is 7.94. The van der Waals surface area contributed by atoms with Crippen molar-refractivity contribution < 1.29 is 24.3 Å². The number of aliphatic carboxylic acids is 1. The van der Waals surface area contributed by atoms with Crippen molar-refractivity contribution in [2.24, 2.45) is 50.5 Å². The summed E-state index contributed by atoms with van der Waals surface area (Å²) in [7, 11) is 0. The lowest BCUT2D eigenvalue weighted by molar-refractivity contribution is -0.142. The zero-order valence-electron chi connectivity index (χ0n) is 23.5. The molecule has 4 unspecified atom stereocenters. The Morgan fingerprint density at radius 1 is 0.667 bits per heavy atom. The number of carbonyl (C=O) groups excluding carboxylic acids is 3. The molecule has 0 fully saturated rings. The highest BCUT2D eigenvalue weighted by molar-refractivity contribution is 5.94. The van der Waals surface area contributed by atoms with Gasteiger partial charge < -0.3 is 49.7 Å². The number of guanidine groups is 2. The van der Waals surface area contributed by atoms with Crippen LogP contribution in [0.3, 0.4) is 0 Å². The zero-order valence-corrected chi connectivity index (χ0v) is 23.5. The van der Waals surface area contributed by atoms with Gasteiger partial charge in [-0.15, -0.1) is 0 Å². The van der Waals surface area contributed by atoms with Crippen LogP contribution in [0.1, 0.15) is 66.2 Å². The lowest BCUT2D eigenvalue weighted by Gasteiger charge is -2.26. The van der Waals surface area contributed by atoms with E-state index in [2.05, 4.69) is 25.9 Å². The zero-order chi connectivity index (χ0) is 30.1. The molecule has 0 rings (SSSR count). The molecule has 0 aliphatic carbocycles. The van der Waals surface area contributed by atoms with Crippen molar-refractivity contribution in [2.75, 3.05) is 13.1 Å². The van der Waals surface area contributed by atoms with Crippen molar-refractivity contribution in [2.45, 2.75) is 90.4 Å². The lowest BCUT2D eigenvalue weighted by atomic mass is 10.0. The normalized spacial score (nSPS) is 14.0. The van der Waals surface area contributed by atoms with E-state index in [9.17, 15) is 24.3 Å². The maximum atomic E-state index is 13.2. The monoisotopic (exact) mass is 556 g/mol. The van der Waals surface area contributed by atoms with Gasteiger partial charge in [-0.2, -0.15) is 0 Å². The fourth-order valence-corrected chi connectivity index (χ4v) is 3.64. The summed E-state index contributed by atoms with van der Waals surface area (Å²) in [5.41, 5.74) is 27.3. The van der Waals surface area contributed by atoms with Gasteiger partial charge in [0.15, 0.2) is 11.9 Å². The average molecular weight is 557 g/mol. The molecule has 0 spiro atoms. The summed E-state index contributed by atoms with van der Waals surface area (Å²) in [5.74, 6) is -3.10. The molecule has 0 aromatic carbocycles. The number of aliphatic imine (C=N–C) groups is 2. The van der Waals surface area contributed by atoms with E-state index in [4.69, 9.17) is 28.7 Å². The van der Waals surface area contributed by atoms with Crippen LogP contribution in [0.4, 0.5) is 0 Å². The second kappa shape index (κ2) is 18.6. The maximum absolute atomic E-state index is 13.2. The van der Waals surface area contributed by atoms with Gasteiger partial charge in [-0.3, -0.25) is 24.4 Å². The summed E-state index contributed by atoms with van der Waals surface area (Å²) in [5, 5.41) is 17.4. The van der Waals surface area contributed by atoms with Gasteiger partial charge in [-0.05, 0) is 50.4 Å². The second-order valence-corrected chi connectivity index (χ2v) is 10.3. The van der Waals surface area contributed by atoms with Crippen LogP contribution in [0.15, 0.2) is 9.98 Å². The highest BCUT2D eigenvalue weighted by atomic mass is 16.4. The van der Waals surface area contributed by atoms with Crippen LogP contribution in [0.2, 0.25) is 0 Å². The SMILES string of the molecule is CC(C)CC(NC(=O)C(CCCN=C(N)N)NC(=O)C(CC(C)C)NC(=O)C(N)CCCN=C(N)N)C(=O)O. The Bertz CT molecular complexity index is 854. The molecule has 224 valence electrons. The van der Waals surface area contributed by atoms with E-state index in [1.54, 1.807) is 0 Å². The first-order valence-corrected chi connectivity index (χ1v) is 13.1. The van der Waals surface area contributed by atoms with Gasteiger partial charge in [0.05, 0.1) is 6.04 Å². The molecule has 15 nitrogen and oxygen atoms in total. The minimum atomic E-state index is -1.18. The van der Waals surface area contributed by atoms with Crippen molar-refractivity contribution in [1.29, 1.82) is 0 Å². The molecule has 14 N–H and O–H groups in total. The van der Waals surface area contributed by atoms with Crippen LogP contribution < -0.4 is 44.6 Å². The third-order valence-electron chi connectivity index (χ3n) is 5.54. The first-order valence-electron chi connectivity index (χ1n) is 13.1. The molecule has 0 aromatic rings. The van der Waals surface area contributed by atoms with Crippen LogP contribution in [-0.4, -0.2) is 78.0 Å². The van der Waals surface area contributed by atoms with Crippen molar-refractivity contribution in [3.8, 4) is 0 Å². The summed E-state index contributed by atoms with van der Waals surface area (Å²) in [6.07, 6.45) is 1.72. The Kier molecular flexibility index (Phi) is 16.9. The fraction of sp³-hybridized carbons (Fsp3) is 0.750. The van der Waals surface area contributed by atoms with Crippen molar-refractivity contribution in [1.82, 2.24) is 16.0 Å². The largest absolute Gasteiger partial charge is 0.480 e. The smallest absolute Gasteiger partial charge is 0.326 e. The number of amides is 3. The Morgan fingerprint density at radius 3 is 1.54 bits per heavy atom. The Labute approximate surface area is 230 Å². The molecule has 0 saturated carbocycles. The maximum Gasteiger partial charge on any atom is 0.326 e. The molecular weight excluding hydrogens is 508 g/mol. The van der Waals surface area contributed by atoms with Crippen molar-refractivity contribution in [3.63, 3.8) is 0 Å². The molecule has 0 aliphatic heterocycles. The van der Waals surface area contributed by atoms with Gasteiger partial charge in [-0.1, -0.05) is 27.7 Å². The molecule has 0 aliphatic rings. The highest BCUT2D eigenvalue weighted by Crippen LogP contribution is 2.10. The van der Waals surface area contributed by atoms with Gasteiger partial charge >= 0.3 is 5.97 Å². The fourth-order valence-electron chi connectivity index (χ4n) is 3.64. The standard InChI is InChI=1S/C24H48N10O5/c1-13(2)11-17(33-19(35)15(25)7-5-9-30-23(26)27)21(37)32-16(8-6-10-31-24(28)29)20(36)34-18(22(38)39)12-14(3)4/h13-18H,5-12,25H2,1-4H3,(H,32,37)(H,33,35)(H,34,36)(H,38,39)(H4,26,27,30)(H4,28,29,31). The third-order valence-corrected chi connectivity index (χ3v) is 5.54. The number of rotatable bonds is 19. The number of hydrogen-bond donors (Lipinski definition) is 9. The van der Waals surface area contributed by atoms with Crippen molar-refractivity contribution >= 4 is 35.6 Å². The number of carbonyl (C=O) groups is 4. The molecule has 4 atom stereocenters. The van der Waals surface area contributed by atoms with E-state index in [1.807, 2.05) is 27.7 Å². The average Bonchev–Trinajstić information content (AvgIpc) is 2.81. The minimum absolute atomic E-state index is 0.00983. The molecule has 39 heavy (non-hydrogen) atoms. The quantitative estimate of drug-likeness (QED) is 0.0481. The molecular formula is C24H48N10O5. The molecule has 0 bridgehead atoms. The van der Waals surface area contributed by atoms with Gasteiger partial charge in [0, 0.05) is 13.1 Å². The van der Waals surface area contributed by atoms with E-state index in [0.29, 0.717) is 25.8 Å². The van der Waals surface area contributed by atoms with E-state index in [1.165, 1.54) is 0 Å². The first-order chi connectivity index (χ1) is 18.1. The minimum Gasteiger partial charge on any atom is -0.480 e. The third kappa shape index (κ3) is 16.8. The summed E-state index contributed by atoms with van der Waals surface area (Å²) < 4.78 is 0. The number of carboxylic acid groups (broad SMARTS) is 1. The first kappa shape index (κ1) is 35.4. The Hall–Kier alpha value is -3.62.